The highest BCUT2D eigenvalue weighted by Gasteiger charge is 2.19. The molecule has 0 aromatic rings. The number of rotatable bonds is 5. The Bertz CT molecular complexity index is 232. The number of carbonyl (C=O) groups excluding carboxylic acids is 2. The van der Waals surface area contributed by atoms with Gasteiger partial charge < -0.3 is 10.1 Å². The fourth-order valence-corrected chi connectivity index (χ4v) is 0.619. The highest BCUT2D eigenvalue weighted by atomic mass is 16.6. The van der Waals surface area contributed by atoms with Crippen LogP contribution in [0.25, 0.3) is 0 Å². The van der Waals surface area contributed by atoms with Crippen molar-refractivity contribution in [2.24, 2.45) is 4.99 Å². The number of nitrogens with zero attached hydrogens (tertiary/aromatic N) is 1. The van der Waals surface area contributed by atoms with Gasteiger partial charge in [-0.2, -0.15) is 0 Å². The van der Waals surface area contributed by atoms with Crippen LogP contribution in [0.5, 0.6) is 0 Å². The molecule has 0 aliphatic rings. The maximum Gasteiger partial charge on any atom is 0.407 e. The number of amides is 1. The summed E-state index contributed by atoms with van der Waals surface area (Å²) in [6, 6.07) is 0. The van der Waals surface area contributed by atoms with Gasteiger partial charge in [0.15, 0.2) is 0 Å². The molecule has 1 amide bonds. The summed E-state index contributed by atoms with van der Waals surface area (Å²) in [4.78, 5) is 24.1. The maximum absolute atomic E-state index is 11.1. The van der Waals surface area contributed by atoms with Crippen molar-refractivity contribution < 1.29 is 14.3 Å². The predicted molar refractivity (Wildman–Crippen MR) is 51.8 cm³/mol. The van der Waals surface area contributed by atoms with E-state index in [1.54, 1.807) is 0 Å². The van der Waals surface area contributed by atoms with Crippen LogP contribution in [-0.4, -0.2) is 30.9 Å². The third-order valence-corrected chi connectivity index (χ3v) is 1.78. The van der Waals surface area contributed by atoms with E-state index in [0.717, 1.165) is 6.42 Å². The van der Waals surface area contributed by atoms with Gasteiger partial charge >= 0.3 is 6.09 Å². The van der Waals surface area contributed by atoms with Crippen LogP contribution < -0.4 is 5.32 Å². The molecule has 0 fully saturated rings. The third kappa shape index (κ3) is 6.20. The van der Waals surface area contributed by atoms with Crippen LogP contribution >= 0.6 is 0 Å². The molecule has 0 atom stereocenters. The normalized spacial score (nSPS) is 10.2. The van der Waals surface area contributed by atoms with Crippen LogP contribution in [0.2, 0.25) is 0 Å². The molecule has 0 aromatic carbocycles. The largest absolute Gasteiger partial charge is 0.444 e. The number of hydrogen-bond donors (Lipinski definition) is 1. The van der Waals surface area contributed by atoms with Crippen LogP contribution in [0.1, 0.15) is 27.2 Å². The van der Waals surface area contributed by atoms with Gasteiger partial charge in [-0.25, -0.2) is 14.6 Å². The molecule has 0 heterocycles. The molecule has 0 aliphatic carbocycles. The lowest BCUT2D eigenvalue weighted by molar-refractivity contribution is 0.0365. The Kier molecular flexibility index (Phi) is 5.56. The summed E-state index contributed by atoms with van der Waals surface area (Å²) in [6.07, 6.45) is 1.64. The summed E-state index contributed by atoms with van der Waals surface area (Å²) in [5, 5.41) is 2.47. The van der Waals surface area contributed by atoms with E-state index in [-0.39, 0.29) is 13.1 Å². The lowest BCUT2D eigenvalue weighted by Crippen LogP contribution is -2.35. The van der Waals surface area contributed by atoms with E-state index in [2.05, 4.69) is 10.3 Å². The second kappa shape index (κ2) is 6.16. The summed E-state index contributed by atoms with van der Waals surface area (Å²) >= 11 is 0. The van der Waals surface area contributed by atoms with E-state index >= 15 is 0 Å². The smallest absolute Gasteiger partial charge is 0.407 e. The average molecular weight is 200 g/mol. The minimum Gasteiger partial charge on any atom is -0.444 e. The SMILES string of the molecule is CCC(C)(C)OC(=O)NCCN=C=O. The number of carbonyl (C=O) groups is 1. The van der Waals surface area contributed by atoms with Crippen molar-refractivity contribution in [3.63, 3.8) is 0 Å². The first-order chi connectivity index (χ1) is 6.52. The molecule has 0 saturated carbocycles. The van der Waals surface area contributed by atoms with E-state index < -0.39 is 11.7 Å². The third-order valence-electron chi connectivity index (χ3n) is 1.78. The minimum atomic E-state index is -0.488. The molecule has 0 aromatic heterocycles. The first kappa shape index (κ1) is 12.7. The Labute approximate surface area is 83.5 Å². The van der Waals surface area contributed by atoms with Crippen LogP contribution in [0.4, 0.5) is 4.79 Å². The summed E-state index contributed by atoms with van der Waals surface area (Å²) in [6.45, 7) is 6.11. The zero-order valence-electron chi connectivity index (χ0n) is 8.79. The lowest BCUT2D eigenvalue weighted by atomic mass is 10.1. The molecule has 0 radical (unpaired) electrons. The van der Waals surface area contributed by atoms with E-state index in [9.17, 15) is 9.59 Å². The standard InChI is InChI=1S/C9H16N2O3/c1-4-9(2,3)14-8(13)11-6-5-10-7-12/h4-6H2,1-3H3,(H,11,13). The number of aliphatic imine (C=N–C) groups is 1. The summed E-state index contributed by atoms with van der Waals surface area (Å²) < 4.78 is 5.08. The van der Waals surface area contributed by atoms with Crippen molar-refractivity contribution in [2.45, 2.75) is 32.8 Å². The Hall–Kier alpha value is -1.35. The Morgan fingerprint density at radius 3 is 2.71 bits per heavy atom. The second-order valence-corrected chi connectivity index (χ2v) is 3.40. The zero-order valence-corrected chi connectivity index (χ0v) is 8.79. The van der Waals surface area contributed by atoms with E-state index in [4.69, 9.17) is 4.74 Å². The van der Waals surface area contributed by atoms with Gasteiger partial charge in [0.25, 0.3) is 0 Å². The molecule has 1 N–H and O–H groups in total. The molecular formula is C9H16N2O3. The van der Waals surface area contributed by atoms with Gasteiger partial charge in [0.1, 0.15) is 5.60 Å². The zero-order chi connectivity index (χ0) is 11.0. The monoisotopic (exact) mass is 200 g/mol. The van der Waals surface area contributed by atoms with Gasteiger partial charge in [0.05, 0.1) is 6.54 Å². The van der Waals surface area contributed by atoms with Gasteiger partial charge in [-0.05, 0) is 20.3 Å². The minimum absolute atomic E-state index is 0.227. The predicted octanol–water partition coefficient (Wildman–Crippen LogP) is 1.24. The van der Waals surface area contributed by atoms with Gasteiger partial charge in [-0.3, -0.25) is 0 Å². The summed E-state index contributed by atoms with van der Waals surface area (Å²) in [5.41, 5.74) is -0.460. The number of hydrogen-bond acceptors (Lipinski definition) is 4. The molecule has 0 aliphatic heterocycles. The molecule has 80 valence electrons. The average Bonchev–Trinajstić information content (AvgIpc) is 2.12. The first-order valence-electron chi connectivity index (χ1n) is 4.52. The second-order valence-electron chi connectivity index (χ2n) is 3.40. The first-order valence-corrected chi connectivity index (χ1v) is 4.52. The quantitative estimate of drug-likeness (QED) is 0.412. The van der Waals surface area contributed by atoms with E-state index in [1.807, 2.05) is 20.8 Å². The van der Waals surface area contributed by atoms with E-state index in [0.29, 0.717) is 0 Å². The molecule has 0 unspecified atom stereocenters. The van der Waals surface area contributed by atoms with Gasteiger partial charge in [-0.1, -0.05) is 6.92 Å². The fraction of sp³-hybridized carbons (Fsp3) is 0.778. The molecule has 14 heavy (non-hydrogen) atoms. The number of isocyanates is 1. The fourth-order valence-electron chi connectivity index (χ4n) is 0.619. The van der Waals surface area contributed by atoms with Crippen LogP contribution in [0.3, 0.4) is 0 Å². The van der Waals surface area contributed by atoms with Crippen molar-refractivity contribution in [1.82, 2.24) is 5.32 Å². The van der Waals surface area contributed by atoms with Gasteiger partial charge in [-0.15, -0.1) is 0 Å². The maximum atomic E-state index is 11.1. The van der Waals surface area contributed by atoms with Crippen molar-refractivity contribution in [3.8, 4) is 0 Å². The molecule has 5 heteroatoms. The Balaban J connectivity index is 3.70. The Morgan fingerprint density at radius 2 is 2.21 bits per heavy atom. The molecule has 0 rings (SSSR count). The van der Waals surface area contributed by atoms with Crippen molar-refractivity contribution in [2.75, 3.05) is 13.1 Å². The topological polar surface area (TPSA) is 67.8 Å². The van der Waals surface area contributed by atoms with Gasteiger partial charge in [0, 0.05) is 6.54 Å². The summed E-state index contributed by atoms with van der Waals surface area (Å²) in [5.74, 6) is 0. The van der Waals surface area contributed by atoms with Crippen LogP contribution in [-0.2, 0) is 9.53 Å². The molecule has 0 saturated heterocycles. The number of nitrogens with one attached hydrogen (secondary N) is 1. The number of alkyl carbamates (subject to hydrolysis) is 1. The van der Waals surface area contributed by atoms with Gasteiger partial charge in [0.2, 0.25) is 6.08 Å². The summed E-state index contributed by atoms with van der Waals surface area (Å²) in [7, 11) is 0. The highest BCUT2D eigenvalue weighted by Crippen LogP contribution is 2.12. The molecule has 0 spiro atoms. The number of ether oxygens (including phenoxy) is 1. The highest BCUT2D eigenvalue weighted by molar-refractivity contribution is 5.67. The molecule has 5 nitrogen and oxygen atoms in total. The molecule has 0 bridgehead atoms. The lowest BCUT2D eigenvalue weighted by Gasteiger charge is -2.23. The van der Waals surface area contributed by atoms with Crippen molar-refractivity contribution >= 4 is 12.2 Å². The van der Waals surface area contributed by atoms with Crippen molar-refractivity contribution in [1.29, 1.82) is 0 Å². The Morgan fingerprint density at radius 1 is 1.57 bits per heavy atom. The van der Waals surface area contributed by atoms with Crippen LogP contribution in [0.15, 0.2) is 4.99 Å². The van der Waals surface area contributed by atoms with Crippen molar-refractivity contribution in [3.05, 3.63) is 0 Å². The van der Waals surface area contributed by atoms with E-state index in [1.165, 1.54) is 6.08 Å². The molecular weight excluding hydrogens is 184 g/mol. The van der Waals surface area contributed by atoms with Crippen LogP contribution in [0, 0.1) is 0 Å².